The Balaban J connectivity index is 2.72. The van der Waals surface area contributed by atoms with Crippen LogP contribution in [0.4, 0.5) is 0 Å². The van der Waals surface area contributed by atoms with Crippen molar-refractivity contribution in [2.75, 3.05) is 20.6 Å². The highest BCUT2D eigenvalue weighted by Crippen LogP contribution is 2.26. The summed E-state index contributed by atoms with van der Waals surface area (Å²) in [5, 5.41) is 3.67. The normalized spacial score (nSPS) is 12.2. The van der Waals surface area contributed by atoms with Crippen LogP contribution in [0.25, 0.3) is 0 Å². The quantitative estimate of drug-likeness (QED) is 0.876. The molecule has 0 radical (unpaired) electrons. The van der Waals surface area contributed by atoms with Crippen molar-refractivity contribution in [1.82, 2.24) is 10.2 Å². The number of benzene rings is 1. The summed E-state index contributed by atoms with van der Waals surface area (Å²) in [6, 6.07) is 7.62. The molecule has 0 spiro atoms. The Morgan fingerprint density at radius 2 is 2.12 bits per heavy atom. The van der Waals surface area contributed by atoms with E-state index in [1.165, 1.54) is 0 Å². The highest BCUT2D eigenvalue weighted by molar-refractivity contribution is 6.31. The first-order valence-electron chi connectivity index (χ1n) is 5.72. The Hall–Kier alpha value is -1.06. The van der Waals surface area contributed by atoms with Crippen LogP contribution >= 0.6 is 11.6 Å². The van der Waals surface area contributed by atoms with Crippen molar-refractivity contribution in [1.29, 1.82) is 0 Å². The van der Waals surface area contributed by atoms with E-state index >= 15 is 0 Å². The summed E-state index contributed by atoms with van der Waals surface area (Å²) in [5.74, 6) is 0.117. The van der Waals surface area contributed by atoms with Gasteiger partial charge in [-0.15, -0.1) is 0 Å². The maximum atomic E-state index is 11.9. The van der Waals surface area contributed by atoms with E-state index in [9.17, 15) is 4.79 Å². The fourth-order valence-corrected chi connectivity index (χ4v) is 1.94. The monoisotopic (exact) mass is 254 g/mol. The molecular weight excluding hydrogens is 236 g/mol. The van der Waals surface area contributed by atoms with E-state index in [4.69, 9.17) is 11.6 Å². The van der Waals surface area contributed by atoms with Crippen LogP contribution in [0.2, 0.25) is 5.02 Å². The minimum absolute atomic E-state index is 0.00643. The Morgan fingerprint density at radius 1 is 1.47 bits per heavy atom. The molecule has 0 aliphatic rings. The van der Waals surface area contributed by atoms with Crippen LogP contribution in [0, 0.1) is 0 Å². The van der Waals surface area contributed by atoms with Crippen LogP contribution in [0.15, 0.2) is 24.3 Å². The summed E-state index contributed by atoms with van der Waals surface area (Å²) in [6.07, 6.45) is 0.502. The molecule has 1 unspecified atom stereocenters. The van der Waals surface area contributed by atoms with Gasteiger partial charge < -0.3 is 10.2 Å². The summed E-state index contributed by atoms with van der Waals surface area (Å²) >= 11 is 6.12. The van der Waals surface area contributed by atoms with Gasteiger partial charge in [-0.05, 0) is 25.6 Å². The molecule has 0 saturated heterocycles. The van der Waals surface area contributed by atoms with Crippen molar-refractivity contribution in [3.05, 3.63) is 34.9 Å². The molecular formula is C13H19ClN2O. The molecule has 3 nitrogen and oxygen atoms in total. The lowest BCUT2D eigenvalue weighted by atomic mass is 10.1. The van der Waals surface area contributed by atoms with Gasteiger partial charge in [0, 0.05) is 25.0 Å². The molecule has 1 atom stereocenters. The van der Waals surface area contributed by atoms with Crippen molar-refractivity contribution in [3.63, 3.8) is 0 Å². The van der Waals surface area contributed by atoms with Crippen molar-refractivity contribution in [2.24, 2.45) is 0 Å². The van der Waals surface area contributed by atoms with Gasteiger partial charge in [-0.25, -0.2) is 0 Å². The van der Waals surface area contributed by atoms with Crippen LogP contribution < -0.4 is 5.32 Å². The second-order valence-corrected chi connectivity index (χ2v) is 4.46. The standard InChI is InChI=1S/C13H19ClN2O/c1-10(11-6-4-5-7-12(11)14)16(3)13(17)8-9-15-2/h4-7,10,15H,8-9H2,1-3H3. The number of amides is 1. The average molecular weight is 255 g/mol. The van der Waals surface area contributed by atoms with Gasteiger partial charge in [0.25, 0.3) is 0 Å². The molecule has 17 heavy (non-hydrogen) atoms. The first kappa shape index (κ1) is 14.0. The van der Waals surface area contributed by atoms with Gasteiger partial charge in [-0.2, -0.15) is 0 Å². The zero-order valence-electron chi connectivity index (χ0n) is 10.5. The van der Waals surface area contributed by atoms with Crippen molar-refractivity contribution in [2.45, 2.75) is 19.4 Å². The van der Waals surface area contributed by atoms with Crippen molar-refractivity contribution in [3.8, 4) is 0 Å². The number of carbonyl (C=O) groups excluding carboxylic acids is 1. The first-order valence-corrected chi connectivity index (χ1v) is 6.10. The van der Waals surface area contributed by atoms with E-state index in [1.54, 1.807) is 4.90 Å². The number of halogens is 1. The fourth-order valence-electron chi connectivity index (χ4n) is 1.65. The summed E-state index contributed by atoms with van der Waals surface area (Å²) in [5.41, 5.74) is 0.981. The van der Waals surface area contributed by atoms with E-state index in [0.717, 1.165) is 5.56 Å². The van der Waals surface area contributed by atoms with Gasteiger partial charge >= 0.3 is 0 Å². The SMILES string of the molecule is CNCCC(=O)N(C)C(C)c1ccccc1Cl. The molecule has 1 rings (SSSR count). The Bertz CT molecular complexity index is 381. The molecule has 94 valence electrons. The predicted octanol–water partition coefficient (Wildman–Crippen LogP) is 2.47. The van der Waals surface area contributed by atoms with Gasteiger partial charge in [0.05, 0.1) is 6.04 Å². The number of nitrogens with zero attached hydrogens (tertiary/aromatic N) is 1. The molecule has 0 saturated carbocycles. The van der Waals surface area contributed by atoms with Gasteiger partial charge in [-0.3, -0.25) is 4.79 Å². The van der Waals surface area contributed by atoms with Crippen LogP contribution in [-0.4, -0.2) is 31.4 Å². The van der Waals surface area contributed by atoms with E-state index < -0.39 is 0 Å². The summed E-state index contributed by atoms with van der Waals surface area (Å²) < 4.78 is 0. The Labute approximate surface area is 108 Å². The van der Waals surface area contributed by atoms with Gasteiger partial charge in [0.2, 0.25) is 5.91 Å². The second-order valence-electron chi connectivity index (χ2n) is 4.06. The Morgan fingerprint density at radius 3 is 2.71 bits per heavy atom. The minimum atomic E-state index is -0.00643. The van der Waals surface area contributed by atoms with Crippen LogP contribution in [-0.2, 0) is 4.79 Å². The molecule has 0 aliphatic heterocycles. The summed E-state index contributed by atoms with van der Waals surface area (Å²) in [7, 11) is 3.65. The third-order valence-corrected chi connectivity index (χ3v) is 3.26. The average Bonchev–Trinajstić information content (AvgIpc) is 2.34. The first-order chi connectivity index (χ1) is 8.07. The third-order valence-electron chi connectivity index (χ3n) is 2.92. The highest BCUT2D eigenvalue weighted by atomic mass is 35.5. The van der Waals surface area contributed by atoms with Crippen molar-refractivity contribution >= 4 is 17.5 Å². The highest BCUT2D eigenvalue weighted by Gasteiger charge is 2.18. The molecule has 1 amide bonds. The molecule has 0 bridgehead atoms. The molecule has 1 aromatic rings. The number of hydrogen-bond donors (Lipinski definition) is 1. The number of nitrogens with one attached hydrogen (secondary N) is 1. The molecule has 0 aromatic heterocycles. The lowest BCUT2D eigenvalue weighted by Gasteiger charge is -2.26. The van der Waals surface area contributed by atoms with E-state index in [1.807, 2.05) is 45.3 Å². The van der Waals surface area contributed by atoms with E-state index in [-0.39, 0.29) is 11.9 Å². The summed E-state index contributed by atoms with van der Waals surface area (Å²) in [4.78, 5) is 13.6. The molecule has 0 fully saturated rings. The van der Waals surface area contributed by atoms with E-state index in [2.05, 4.69) is 5.32 Å². The van der Waals surface area contributed by atoms with Gasteiger partial charge in [0.15, 0.2) is 0 Å². The molecule has 0 aliphatic carbocycles. The zero-order valence-corrected chi connectivity index (χ0v) is 11.3. The molecule has 0 heterocycles. The smallest absolute Gasteiger partial charge is 0.224 e. The number of rotatable bonds is 5. The largest absolute Gasteiger partial charge is 0.339 e. The molecule has 1 aromatic carbocycles. The van der Waals surface area contributed by atoms with Crippen LogP contribution in [0.1, 0.15) is 24.9 Å². The lowest BCUT2D eigenvalue weighted by molar-refractivity contribution is -0.131. The molecule has 4 heteroatoms. The topological polar surface area (TPSA) is 32.3 Å². The maximum Gasteiger partial charge on any atom is 0.224 e. The predicted molar refractivity (Wildman–Crippen MR) is 71.2 cm³/mol. The van der Waals surface area contributed by atoms with Crippen LogP contribution in [0.5, 0.6) is 0 Å². The fraction of sp³-hybridized carbons (Fsp3) is 0.462. The van der Waals surface area contributed by atoms with Crippen LogP contribution in [0.3, 0.4) is 0 Å². The second kappa shape index (κ2) is 6.62. The maximum absolute atomic E-state index is 11.9. The number of carbonyl (C=O) groups is 1. The number of hydrogen-bond acceptors (Lipinski definition) is 2. The van der Waals surface area contributed by atoms with E-state index in [0.29, 0.717) is 18.0 Å². The van der Waals surface area contributed by atoms with Crippen molar-refractivity contribution < 1.29 is 4.79 Å². The molecule has 1 N–H and O–H groups in total. The van der Waals surface area contributed by atoms with Gasteiger partial charge in [0.1, 0.15) is 0 Å². The lowest BCUT2D eigenvalue weighted by Crippen LogP contribution is -2.31. The summed E-state index contributed by atoms with van der Waals surface area (Å²) in [6.45, 7) is 2.68. The third kappa shape index (κ3) is 3.72. The van der Waals surface area contributed by atoms with Gasteiger partial charge in [-0.1, -0.05) is 29.8 Å². The zero-order chi connectivity index (χ0) is 12.8. The Kier molecular flexibility index (Phi) is 5.45. The minimum Gasteiger partial charge on any atom is -0.339 e.